The van der Waals surface area contributed by atoms with E-state index in [-0.39, 0.29) is 13.0 Å². The molecule has 3 aliphatic rings. The van der Waals surface area contributed by atoms with Gasteiger partial charge in [-0.05, 0) is 69.7 Å². The number of esters is 1. The molecule has 6 rings (SSSR count). The maximum Gasteiger partial charge on any atom is 0.313 e. The van der Waals surface area contributed by atoms with Crippen LogP contribution >= 0.6 is 0 Å². The molecule has 3 aliphatic heterocycles. The Morgan fingerprint density at radius 3 is 2.00 bits per heavy atom. The topological polar surface area (TPSA) is 117 Å². The van der Waals surface area contributed by atoms with Crippen molar-refractivity contribution in [3.05, 3.63) is 54.3 Å². The normalized spacial score (nSPS) is 27.2. The molecule has 11 nitrogen and oxygen atoms in total. The molecule has 3 fully saturated rings. The van der Waals surface area contributed by atoms with Gasteiger partial charge in [0.05, 0.1) is 19.8 Å². The van der Waals surface area contributed by atoms with Gasteiger partial charge < -0.3 is 42.4 Å². The van der Waals surface area contributed by atoms with Crippen LogP contribution in [0.25, 0.3) is 22.4 Å². The van der Waals surface area contributed by atoms with Gasteiger partial charge >= 0.3 is 5.97 Å². The van der Waals surface area contributed by atoms with Gasteiger partial charge in [-0.15, -0.1) is 0 Å². The van der Waals surface area contributed by atoms with Crippen molar-refractivity contribution < 1.29 is 47.2 Å². The summed E-state index contributed by atoms with van der Waals surface area (Å²) in [5.41, 5.74) is 2.90. The molecular weight excluding hydrogens is 546 g/mol. The van der Waals surface area contributed by atoms with Crippen molar-refractivity contribution in [1.82, 2.24) is 5.16 Å². The van der Waals surface area contributed by atoms with Crippen molar-refractivity contribution in [2.45, 2.75) is 76.4 Å². The quantitative estimate of drug-likeness (QED) is 0.350. The summed E-state index contributed by atoms with van der Waals surface area (Å²) < 4.78 is 52.5. The zero-order chi connectivity index (χ0) is 29.6. The zero-order valence-electron chi connectivity index (χ0n) is 24.4. The fraction of sp³-hybridized carbons (Fsp3) is 0.484. The Kier molecular flexibility index (Phi) is 7.48. The van der Waals surface area contributed by atoms with E-state index in [9.17, 15) is 4.79 Å². The van der Waals surface area contributed by atoms with Gasteiger partial charge in [0.15, 0.2) is 23.6 Å². The van der Waals surface area contributed by atoms with E-state index in [0.29, 0.717) is 28.5 Å². The van der Waals surface area contributed by atoms with Gasteiger partial charge in [-0.3, -0.25) is 4.79 Å². The lowest BCUT2D eigenvalue weighted by Gasteiger charge is -2.36. The van der Waals surface area contributed by atoms with Crippen LogP contribution in [0.5, 0.6) is 11.5 Å². The number of carbonyl (C=O) groups is 1. The summed E-state index contributed by atoms with van der Waals surface area (Å²) in [6.45, 7) is 7.23. The Balaban J connectivity index is 1.21. The number of hydrogen-bond acceptors (Lipinski definition) is 11. The molecular formula is C31H35NO10. The molecule has 4 heterocycles. The predicted octanol–water partition coefficient (Wildman–Crippen LogP) is 4.51. The van der Waals surface area contributed by atoms with Crippen LogP contribution in [0.15, 0.2) is 53.1 Å². The maximum atomic E-state index is 13.2. The summed E-state index contributed by atoms with van der Waals surface area (Å²) in [5, 5.41) is 4.33. The summed E-state index contributed by atoms with van der Waals surface area (Å²) in [4.78, 5) is 13.2. The number of benzene rings is 2. The molecule has 0 aliphatic carbocycles. The van der Waals surface area contributed by atoms with E-state index in [1.165, 1.54) is 0 Å². The highest BCUT2D eigenvalue weighted by atomic mass is 16.9. The molecule has 5 unspecified atom stereocenters. The number of nitrogens with zero attached hydrogens (tertiary/aromatic N) is 1. The minimum atomic E-state index is -0.850. The summed E-state index contributed by atoms with van der Waals surface area (Å²) in [6, 6.07) is 14.9. The fourth-order valence-electron chi connectivity index (χ4n) is 5.63. The van der Waals surface area contributed by atoms with E-state index in [1.54, 1.807) is 14.2 Å². The average molecular weight is 582 g/mol. The highest BCUT2D eigenvalue weighted by molar-refractivity contribution is 5.85. The van der Waals surface area contributed by atoms with Gasteiger partial charge in [-0.1, -0.05) is 17.3 Å². The van der Waals surface area contributed by atoms with Crippen LogP contribution in [-0.2, 0) is 39.6 Å². The minimum absolute atomic E-state index is 0.0657. The first-order valence-corrected chi connectivity index (χ1v) is 13.9. The van der Waals surface area contributed by atoms with Crippen LogP contribution in [0.4, 0.5) is 0 Å². The van der Waals surface area contributed by atoms with Crippen LogP contribution in [-0.4, -0.2) is 74.2 Å². The van der Waals surface area contributed by atoms with E-state index in [1.807, 2.05) is 76.2 Å². The molecule has 0 amide bonds. The van der Waals surface area contributed by atoms with E-state index < -0.39 is 48.2 Å². The van der Waals surface area contributed by atoms with Gasteiger partial charge in [0.25, 0.3) is 0 Å². The molecule has 0 radical (unpaired) electrons. The third-order valence-corrected chi connectivity index (χ3v) is 7.47. The number of hydrogen-bond donors (Lipinski definition) is 0. The zero-order valence-corrected chi connectivity index (χ0v) is 24.4. The summed E-state index contributed by atoms with van der Waals surface area (Å²) in [5.74, 6) is -0.407. The predicted molar refractivity (Wildman–Crippen MR) is 148 cm³/mol. The largest absolute Gasteiger partial charge is 0.497 e. The van der Waals surface area contributed by atoms with Gasteiger partial charge in [-0.2, -0.15) is 0 Å². The van der Waals surface area contributed by atoms with Crippen LogP contribution in [0.1, 0.15) is 33.5 Å². The van der Waals surface area contributed by atoms with E-state index in [0.717, 1.165) is 11.1 Å². The third kappa shape index (κ3) is 5.62. The SMILES string of the molecule is COc1ccc(-c2noc(CC(=O)OCC3OC4OC(C)(C)OC4C4OC(C)(C)OC34)c2-c2ccc(OC)cc2)cc1. The summed E-state index contributed by atoms with van der Waals surface area (Å²) >= 11 is 0. The van der Waals surface area contributed by atoms with Gasteiger partial charge in [0, 0.05) is 5.56 Å². The highest BCUT2D eigenvalue weighted by Crippen LogP contribution is 2.44. The van der Waals surface area contributed by atoms with Crippen molar-refractivity contribution in [3.63, 3.8) is 0 Å². The molecule has 3 saturated heterocycles. The number of aromatic nitrogens is 1. The highest BCUT2D eigenvalue weighted by Gasteiger charge is 2.60. The Morgan fingerprint density at radius 1 is 0.786 bits per heavy atom. The molecule has 2 aromatic carbocycles. The second kappa shape index (κ2) is 11.0. The van der Waals surface area contributed by atoms with Gasteiger partial charge in [-0.25, -0.2) is 0 Å². The third-order valence-electron chi connectivity index (χ3n) is 7.47. The van der Waals surface area contributed by atoms with E-state index >= 15 is 0 Å². The van der Waals surface area contributed by atoms with Crippen molar-refractivity contribution in [2.75, 3.05) is 20.8 Å². The lowest BCUT2D eigenvalue weighted by atomic mass is 9.98. The first-order valence-electron chi connectivity index (χ1n) is 13.9. The molecule has 224 valence electrons. The second-order valence-corrected chi connectivity index (χ2v) is 11.4. The average Bonchev–Trinajstić information content (AvgIpc) is 3.63. The molecule has 0 spiro atoms. The van der Waals surface area contributed by atoms with Crippen molar-refractivity contribution in [3.8, 4) is 33.9 Å². The smallest absolute Gasteiger partial charge is 0.313 e. The molecule has 5 atom stereocenters. The molecule has 42 heavy (non-hydrogen) atoms. The minimum Gasteiger partial charge on any atom is -0.497 e. The molecule has 0 N–H and O–H groups in total. The van der Waals surface area contributed by atoms with E-state index in [2.05, 4.69) is 5.16 Å². The molecule has 0 bridgehead atoms. The number of fused-ring (bicyclic) bond motifs is 3. The van der Waals surface area contributed by atoms with E-state index in [4.69, 9.17) is 42.4 Å². The van der Waals surface area contributed by atoms with Crippen LogP contribution < -0.4 is 9.47 Å². The van der Waals surface area contributed by atoms with Crippen LogP contribution in [0.2, 0.25) is 0 Å². The lowest BCUT2D eigenvalue weighted by molar-refractivity contribution is -0.242. The van der Waals surface area contributed by atoms with Crippen LogP contribution in [0.3, 0.4) is 0 Å². The monoisotopic (exact) mass is 581 g/mol. The summed E-state index contributed by atoms with van der Waals surface area (Å²) in [6.07, 6.45) is -2.85. The lowest BCUT2D eigenvalue weighted by Crippen LogP contribution is -2.56. The number of rotatable bonds is 8. The number of carbonyl (C=O) groups excluding carboxylic acids is 1. The Morgan fingerprint density at radius 2 is 1.36 bits per heavy atom. The van der Waals surface area contributed by atoms with Crippen molar-refractivity contribution in [1.29, 1.82) is 0 Å². The standard InChI is InChI=1S/C31H35NO10/c1-30(2)38-26-22(37-29-28(27(26)39-30)40-31(3,4)41-29)16-36-23(33)15-21-24(17-7-11-19(34-5)12-8-17)25(32-42-21)18-9-13-20(35-6)14-10-18/h7-14,22,26-29H,15-16H2,1-6H3. The first-order chi connectivity index (χ1) is 20.1. The van der Waals surface area contributed by atoms with Crippen molar-refractivity contribution >= 4 is 5.97 Å². The first kappa shape index (κ1) is 28.6. The molecule has 1 aromatic heterocycles. The Bertz CT molecular complexity index is 1410. The van der Waals surface area contributed by atoms with Gasteiger partial charge in [0.2, 0.25) is 0 Å². The van der Waals surface area contributed by atoms with Gasteiger partial charge in [0.1, 0.15) is 54.6 Å². The molecule has 0 saturated carbocycles. The second-order valence-electron chi connectivity index (χ2n) is 11.4. The maximum absolute atomic E-state index is 13.2. The Labute approximate surface area is 243 Å². The molecule has 3 aromatic rings. The Hall–Kier alpha value is -3.48. The van der Waals surface area contributed by atoms with Crippen molar-refractivity contribution in [2.24, 2.45) is 0 Å². The fourth-order valence-corrected chi connectivity index (χ4v) is 5.63. The number of ether oxygens (including phenoxy) is 8. The van der Waals surface area contributed by atoms with Crippen LogP contribution in [0, 0.1) is 0 Å². The molecule has 11 heteroatoms. The number of methoxy groups -OCH3 is 2. The summed E-state index contributed by atoms with van der Waals surface area (Å²) in [7, 11) is 3.21.